The minimum atomic E-state index is -4.55. The van der Waals surface area contributed by atoms with E-state index in [0.29, 0.717) is 40.3 Å². The van der Waals surface area contributed by atoms with Crippen LogP contribution in [0.2, 0.25) is 0 Å². The lowest BCUT2D eigenvalue weighted by atomic mass is 10.1. The molecule has 0 bridgehead atoms. The van der Waals surface area contributed by atoms with Crippen LogP contribution in [0.15, 0.2) is 48.4 Å². The van der Waals surface area contributed by atoms with Crippen LogP contribution < -0.4 is 5.32 Å². The molecular weight excluding hydrogens is 432 g/mol. The van der Waals surface area contributed by atoms with Gasteiger partial charge in [-0.25, -0.2) is 15.0 Å². The number of aromatic nitrogens is 4. The zero-order valence-electron chi connectivity index (χ0n) is 14.6. The highest BCUT2D eigenvalue weighted by Gasteiger charge is 2.36. The lowest BCUT2D eigenvalue weighted by Crippen LogP contribution is -2.07. The van der Waals surface area contributed by atoms with Gasteiger partial charge in [-0.15, -0.1) is 11.3 Å². The molecule has 4 aromatic rings. The lowest BCUT2D eigenvalue weighted by Gasteiger charge is -2.11. The molecule has 0 spiro atoms. The first-order chi connectivity index (χ1) is 14.1. The highest BCUT2D eigenvalue weighted by Crippen LogP contribution is 2.40. The van der Waals surface area contributed by atoms with E-state index >= 15 is 0 Å². The van der Waals surface area contributed by atoms with E-state index in [2.05, 4.69) is 25.3 Å². The molecule has 0 saturated heterocycles. The standard InChI is InChI=1S/C18H9F6N5S/c19-17(20,21)10-6-26-16(27-7-10)29-12-3-4-25-13-5-9(1-2-11(12)13)14-15(18(22,23)24)30-8-28-14/h1-8H,(H,25,26,27,29). The summed E-state index contributed by atoms with van der Waals surface area (Å²) >= 11 is 0.499. The van der Waals surface area contributed by atoms with Crippen LogP contribution in [0.1, 0.15) is 10.4 Å². The summed E-state index contributed by atoms with van der Waals surface area (Å²) in [5.41, 5.74) is 0.981. The smallest absolute Gasteiger partial charge is 0.323 e. The zero-order valence-corrected chi connectivity index (χ0v) is 15.4. The van der Waals surface area contributed by atoms with Crippen LogP contribution in [-0.4, -0.2) is 19.9 Å². The van der Waals surface area contributed by atoms with Crippen LogP contribution in [0.3, 0.4) is 0 Å². The summed E-state index contributed by atoms with van der Waals surface area (Å²) in [7, 11) is 0. The van der Waals surface area contributed by atoms with Gasteiger partial charge in [0, 0.05) is 29.5 Å². The summed E-state index contributed by atoms with van der Waals surface area (Å²) in [4.78, 5) is 14.5. The summed E-state index contributed by atoms with van der Waals surface area (Å²) in [5.74, 6) is -0.0709. The molecule has 30 heavy (non-hydrogen) atoms. The SMILES string of the molecule is FC(F)(F)c1cnc(Nc2ccnc3cc(-c4ncsc4C(F)(F)F)ccc23)nc1. The molecule has 0 aliphatic carbocycles. The van der Waals surface area contributed by atoms with E-state index in [1.54, 1.807) is 12.1 Å². The van der Waals surface area contributed by atoms with Crippen molar-refractivity contribution in [3.63, 3.8) is 0 Å². The summed E-state index contributed by atoms with van der Waals surface area (Å²) in [6.07, 6.45) is -6.37. The quantitative estimate of drug-likeness (QED) is 0.400. The Morgan fingerprint density at radius 3 is 2.23 bits per heavy atom. The Kier molecular flexibility index (Phi) is 4.80. The van der Waals surface area contributed by atoms with Gasteiger partial charge in [0.2, 0.25) is 5.95 Å². The minimum absolute atomic E-state index is 0.0709. The highest BCUT2D eigenvalue weighted by molar-refractivity contribution is 7.10. The monoisotopic (exact) mass is 441 g/mol. The number of rotatable bonds is 3. The first-order valence-electron chi connectivity index (χ1n) is 8.19. The highest BCUT2D eigenvalue weighted by atomic mass is 32.1. The summed E-state index contributed by atoms with van der Waals surface area (Å²) in [5, 5.41) is 3.31. The summed E-state index contributed by atoms with van der Waals surface area (Å²) in [6.45, 7) is 0. The van der Waals surface area contributed by atoms with Gasteiger partial charge >= 0.3 is 12.4 Å². The molecule has 0 aliphatic rings. The fourth-order valence-corrected chi connectivity index (χ4v) is 3.40. The Balaban J connectivity index is 1.68. The van der Waals surface area contributed by atoms with E-state index in [1.165, 1.54) is 18.3 Å². The number of alkyl halides is 6. The van der Waals surface area contributed by atoms with Gasteiger partial charge in [0.25, 0.3) is 0 Å². The van der Waals surface area contributed by atoms with Crippen molar-refractivity contribution in [3.05, 3.63) is 58.8 Å². The van der Waals surface area contributed by atoms with Crippen LogP contribution in [-0.2, 0) is 12.4 Å². The molecule has 154 valence electrons. The van der Waals surface area contributed by atoms with Crippen molar-refractivity contribution in [1.82, 2.24) is 19.9 Å². The maximum absolute atomic E-state index is 13.2. The Morgan fingerprint density at radius 2 is 1.57 bits per heavy atom. The predicted octanol–water partition coefficient (Wildman–Crippen LogP) is 5.93. The first-order valence-corrected chi connectivity index (χ1v) is 9.07. The van der Waals surface area contributed by atoms with Crippen molar-refractivity contribution in [1.29, 1.82) is 0 Å². The molecule has 1 N–H and O–H groups in total. The van der Waals surface area contributed by atoms with Gasteiger partial charge in [-0.2, -0.15) is 26.3 Å². The molecule has 0 saturated carbocycles. The zero-order chi connectivity index (χ0) is 21.5. The topological polar surface area (TPSA) is 63.6 Å². The Labute approximate surface area is 168 Å². The van der Waals surface area contributed by atoms with E-state index < -0.39 is 22.8 Å². The lowest BCUT2D eigenvalue weighted by molar-refractivity contribution is -0.138. The number of thiazole rings is 1. The van der Waals surface area contributed by atoms with Gasteiger partial charge < -0.3 is 5.32 Å². The third kappa shape index (κ3) is 3.90. The van der Waals surface area contributed by atoms with E-state index in [-0.39, 0.29) is 17.2 Å². The first kappa shape index (κ1) is 20.0. The number of fused-ring (bicyclic) bond motifs is 1. The number of halogens is 6. The summed E-state index contributed by atoms with van der Waals surface area (Å²) in [6, 6.07) is 6.02. The largest absolute Gasteiger partial charge is 0.427 e. The molecule has 0 atom stereocenters. The van der Waals surface area contributed by atoms with Crippen molar-refractivity contribution in [3.8, 4) is 11.3 Å². The van der Waals surface area contributed by atoms with Crippen molar-refractivity contribution in [2.45, 2.75) is 12.4 Å². The normalized spacial score (nSPS) is 12.3. The van der Waals surface area contributed by atoms with Crippen molar-refractivity contribution in [2.24, 2.45) is 0 Å². The number of hydrogen-bond acceptors (Lipinski definition) is 6. The Hall–Kier alpha value is -3.28. The molecule has 12 heteroatoms. The van der Waals surface area contributed by atoms with E-state index in [9.17, 15) is 26.3 Å². The van der Waals surface area contributed by atoms with E-state index in [1.807, 2.05) is 0 Å². The number of anilines is 2. The van der Waals surface area contributed by atoms with E-state index in [0.717, 1.165) is 5.51 Å². The van der Waals surface area contributed by atoms with Crippen LogP contribution in [0.5, 0.6) is 0 Å². The molecular formula is C18H9F6N5S. The fourth-order valence-electron chi connectivity index (χ4n) is 2.72. The molecule has 0 fully saturated rings. The number of nitrogens with zero attached hydrogens (tertiary/aromatic N) is 4. The van der Waals surface area contributed by atoms with Crippen LogP contribution >= 0.6 is 11.3 Å². The van der Waals surface area contributed by atoms with Crippen LogP contribution in [0.4, 0.5) is 38.0 Å². The van der Waals surface area contributed by atoms with Gasteiger partial charge in [0.1, 0.15) is 4.88 Å². The average Bonchev–Trinajstić information content (AvgIpc) is 3.18. The molecule has 0 unspecified atom stereocenters. The molecule has 5 nitrogen and oxygen atoms in total. The van der Waals surface area contributed by atoms with Gasteiger partial charge in [-0.05, 0) is 12.1 Å². The third-order valence-corrected chi connectivity index (χ3v) is 4.94. The summed E-state index contributed by atoms with van der Waals surface area (Å²) < 4.78 is 77.3. The third-order valence-electron chi connectivity index (χ3n) is 4.07. The molecule has 4 rings (SSSR count). The second-order valence-electron chi connectivity index (χ2n) is 6.04. The Morgan fingerprint density at radius 1 is 0.833 bits per heavy atom. The van der Waals surface area contributed by atoms with Gasteiger partial charge in [0.15, 0.2) is 0 Å². The van der Waals surface area contributed by atoms with Crippen molar-refractivity contribution < 1.29 is 26.3 Å². The average molecular weight is 441 g/mol. The maximum Gasteiger partial charge on any atom is 0.427 e. The molecule has 3 heterocycles. The fraction of sp³-hybridized carbons (Fsp3) is 0.111. The minimum Gasteiger partial charge on any atom is -0.323 e. The van der Waals surface area contributed by atoms with E-state index in [4.69, 9.17) is 0 Å². The number of nitrogens with one attached hydrogen (secondary N) is 1. The van der Waals surface area contributed by atoms with Gasteiger partial charge in [-0.1, -0.05) is 12.1 Å². The molecule has 0 amide bonds. The van der Waals surface area contributed by atoms with Crippen molar-refractivity contribution in [2.75, 3.05) is 5.32 Å². The number of benzene rings is 1. The Bertz CT molecular complexity index is 1200. The molecule has 1 aromatic carbocycles. The maximum atomic E-state index is 13.2. The number of pyridine rings is 1. The van der Waals surface area contributed by atoms with Crippen molar-refractivity contribution >= 4 is 33.9 Å². The second kappa shape index (κ2) is 7.20. The van der Waals surface area contributed by atoms with Crippen LogP contribution in [0.25, 0.3) is 22.2 Å². The van der Waals surface area contributed by atoms with Gasteiger partial charge in [0.05, 0.1) is 28.0 Å². The molecule has 3 aromatic heterocycles. The molecule has 0 radical (unpaired) electrons. The van der Waals surface area contributed by atoms with Crippen LogP contribution in [0, 0.1) is 0 Å². The predicted molar refractivity (Wildman–Crippen MR) is 98.2 cm³/mol. The second-order valence-corrected chi connectivity index (χ2v) is 6.89. The van der Waals surface area contributed by atoms with Gasteiger partial charge in [-0.3, -0.25) is 4.98 Å². The molecule has 0 aliphatic heterocycles. The number of hydrogen-bond donors (Lipinski definition) is 1.